The van der Waals surface area contributed by atoms with Crippen LogP contribution in [0.2, 0.25) is 0 Å². The molecule has 0 aliphatic carbocycles. The van der Waals surface area contributed by atoms with E-state index in [1.807, 2.05) is 0 Å². The van der Waals surface area contributed by atoms with E-state index in [4.69, 9.17) is 10.8 Å². The van der Waals surface area contributed by atoms with Crippen molar-refractivity contribution in [3.63, 3.8) is 0 Å². The molecule has 0 radical (unpaired) electrons. The van der Waals surface area contributed by atoms with Gasteiger partial charge in [-0.15, -0.1) is 0 Å². The predicted octanol–water partition coefficient (Wildman–Crippen LogP) is -1.02. The average molecular weight is 287 g/mol. The molecule has 0 aromatic heterocycles. The molecule has 0 aromatic carbocycles. The summed E-state index contributed by atoms with van der Waals surface area (Å²) < 4.78 is 0. The zero-order valence-electron chi connectivity index (χ0n) is 12.0. The van der Waals surface area contributed by atoms with Crippen LogP contribution in [0.4, 0.5) is 0 Å². The quantitative estimate of drug-likeness (QED) is 0.495. The molecule has 3 amide bonds. The molecule has 2 unspecified atom stereocenters. The van der Waals surface area contributed by atoms with Crippen LogP contribution in [-0.2, 0) is 19.2 Å². The Morgan fingerprint density at radius 1 is 1.15 bits per heavy atom. The van der Waals surface area contributed by atoms with Gasteiger partial charge in [-0.05, 0) is 6.92 Å². The van der Waals surface area contributed by atoms with E-state index in [-0.39, 0.29) is 5.91 Å². The van der Waals surface area contributed by atoms with Crippen molar-refractivity contribution in [1.82, 2.24) is 10.6 Å². The maximum absolute atomic E-state index is 11.8. The minimum atomic E-state index is -1.41. The van der Waals surface area contributed by atoms with Gasteiger partial charge in [0, 0.05) is 5.41 Å². The van der Waals surface area contributed by atoms with Gasteiger partial charge in [-0.2, -0.15) is 0 Å². The molecule has 0 aliphatic rings. The van der Waals surface area contributed by atoms with Crippen molar-refractivity contribution in [1.29, 1.82) is 0 Å². The van der Waals surface area contributed by atoms with Gasteiger partial charge < -0.3 is 21.5 Å². The molecule has 0 spiro atoms. The summed E-state index contributed by atoms with van der Waals surface area (Å²) in [6, 6.07) is -2.33. The van der Waals surface area contributed by atoms with Crippen molar-refractivity contribution in [2.45, 2.75) is 46.2 Å². The molecule has 0 saturated heterocycles. The Balaban J connectivity index is 4.62. The summed E-state index contributed by atoms with van der Waals surface area (Å²) in [7, 11) is 0. The van der Waals surface area contributed by atoms with E-state index >= 15 is 0 Å². The molecular formula is C12H21N3O5. The van der Waals surface area contributed by atoms with Gasteiger partial charge in [-0.1, -0.05) is 20.8 Å². The molecule has 0 aliphatic heterocycles. The third kappa shape index (κ3) is 6.17. The second-order valence-corrected chi connectivity index (χ2v) is 5.51. The molecule has 8 nitrogen and oxygen atoms in total. The molecule has 0 heterocycles. The number of carboxylic acids is 1. The predicted molar refractivity (Wildman–Crippen MR) is 70.4 cm³/mol. The third-order valence-corrected chi connectivity index (χ3v) is 2.44. The summed E-state index contributed by atoms with van der Waals surface area (Å²) in [4.78, 5) is 45.0. The molecule has 0 bridgehead atoms. The van der Waals surface area contributed by atoms with Crippen LogP contribution in [0.3, 0.4) is 0 Å². The number of amides is 3. The Morgan fingerprint density at radius 2 is 1.65 bits per heavy atom. The minimum Gasteiger partial charge on any atom is -0.480 e. The first kappa shape index (κ1) is 17.9. The lowest BCUT2D eigenvalue weighted by atomic mass is 9.95. The van der Waals surface area contributed by atoms with E-state index in [2.05, 4.69) is 10.6 Å². The van der Waals surface area contributed by atoms with E-state index < -0.39 is 41.7 Å². The molecule has 20 heavy (non-hydrogen) atoms. The Morgan fingerprint density at radius 3 is 2.00 bits per heavy atom. The van der Waals surface area contributed by atoms with Gasteiger partial charge in [0.1, 0.15) is 12.1 Å². The van der Waals surface area contributed by atoms with Crippen molar-refractivity contribution in [2.75, 3.05) is 0 Å². The highest BCUT2D eigenvalue weighted by Crippen LogP contribution is 2.12. The summed E-state index contributed by atoms with van der Waals surface area (Å²) in [6.07, 6.45) is -0.513. The van der Waals surface area contributed by atoms with Crippen molar-refractivity contribution in [2.24, 2.45) is 11.1 Å². The van der Waals surface area contributed by atoms with Crippen LogP contribution in [0, 0.1) is 5.41 Å². The SMILES string of the molecule is CC(NC(=O)C(C)(C)C)C(=O)NC(CC(N)=O)C(=O)O. The van der Waals surface area contributed by atoms with Gasteiger partial charge in [0.05, 0.1) is 6.42 Å². The Bertz CT molecular complexity index is 414. The minimum absolute atomic E-state index is 0.345. The van der Waals surface area contributed by atoms with Gasteiger partial charge in [-0.3, -0.25) is 14.4 Å². The van der Waals surface area contributed by atoms with Gasteiger partial charge in [-0.25, -0.2) is 4.79 Å². The molecule has 2 atom stereocenters. The van der Waals surface area contributed by atoms with Gasteiger partial charge >= 0.3 is 5.97 Å². The number of nitrogens with two attached hydrogens (primary N) is 1. The lowest BCUT2D eigenvalue weighted by molar-refractivity contribution is -0.143. The molecule has 0 saturated carbocycles. The first-order valence-electron chi connectivity index (χ1n) is 6.07. The summed E-state index contributed by atoms with van der Waals surface area (Å²) in [5.74, 6) is -3.26. The normalized spacial score (nSPS) is 14.0. The summed E-state index contributed by atoms with van der Waals surface area (Å²) >= 11 is 0. The van der Waals surface area contributed by atoms with Crippen LogP contribution in [0.25, 0.3) is 0 Å². The summed E-state index contributed by atoms with van der Waals surface area (Å²) in [6.45, 7) is 6.46. The lowest BCUT2D eigenvalue weighted by Crippen LogP contribution is -2.52. The molecule has 5 N–H and O–H groups in total. The van der Waals surface area contributed by atoms with Gasteiger partial charge in [0.2, 0.25) is 17.7 Å². The zero-order valence-corrected chi connectivity index (χ0v) is 12.0. The Kier molecular flexibility index (Phi) is 6.15. The van der Waals surface area contributed by atoms with Crippen molar-refractivity contribution < 1.29 is 24.3 Å². The van der Waals surface area contributed by atoms with E-state index in [0.717, 1.165) is 0 Å². The maximum atomic E-state index is 11.8. The van der Waals surface area contributed by atoms with E-state index in [1.165, 1.54) is 6.92 Å². The van der Waals surface area contributed by atoms with Crippen molar-refractivity contribution in [3.05, 3.63) is 0 Å². The molecular weight excluding hydrogens is 266 g/mol. The molecule has 0 aromatic rings. The van der Waals surface area contributed by atoms with Crippen LogP contribution in [0.1, 0.15) is 34.1 Å². The van der Waals surface area contributed by atoms with E-state index in [0.29, 0.717) is 0 Å². The van der Waals surface area contributed by atoms with Gasteiger partial charge in [0.25, 0.3) is 0 Å². The van der Waals surface area contributed by atoms with Crippen LogP contribution < -0.4 is 16.4 Å². The van der Waals surface area contributed by atoms with Crippen LogP contribution in [0.15, 0.2) is 0 Å². The Labute approximate surface area is 117 Å². The van der Waals surface area contributed by atoms with Crippen molar-refractivity contribution >= 4 is 23.7 Å². The monoisotopic (exact) mass is 287 g/mol. The largest absolute Gasteiger partial charge is 0.480 e. The fourth-order valence-corrected chi connectivity index (χ4v) is 1.18. The number of hydrogen-bond acceptors (Lipinski definition) is 4. The van der Waals surface area contributed by atoms with Crippen molar-refractivity contribution in [3.8, 4) is 0 Å². The fraction of sp³-hybridized carbons (Fsp3) is 0.667. The second kappa shape index (κ2) is 6.88. The third-order valence-electron chi connectivity index (χ3n) is 2.44. The second-order valence-electron chi connectivity index (χ2n) is 5.51. The van der Waals surface area contributed by atoms with Crippen LogP contribution in [-0.4, -0.2) is 40.9 Å². The first-order valence-corrected chi connectivity index (χ1v) is 6.07. The number of rotatable bonds is 6. The zero-order chi connectivity index (χ0) is 16.1. The van der Waals surface area contributed by atoms with E-state index in [1.54, 1.807) is 20.8 Å². The molecule has 8 heteroatoms. The highest BCUT2D eigenvalue weighted by atomic mass is 16.4. The molecule has 0 fully saturated rings. The maximum Gasteiger partial charge on any atom is 0.326 e. The topological polar surface area (TPSA) is 139 Å². The summed E-state index contributed by atoms with van der Waals surface area (Å²) in [5, 5.41) is 13.5. The van der Waals surface area contributed by atoms with E-state index in [9.17, 15) is 19.2 Å². The number of carbonyl (C=O) groups excluding carboxylic acids is 3. The number of aliphatic carboxylic acids is 1. The number of hydrogen-bond donors (Lipinski definition) is 4. The number of carboxylic acid groups (broad SMARTS) is 1. The molecule has 114 valence electrons. The lowest BCUT2D eigenvalue weighted by Gasteiger charge is -2.22. The van der Waals surface area contributed by atoms with Crippen LogP contribution >= 0.6 is 0 Å². The highest BCUT2D eigenvalue weighted by molar-refractivity contribution is 5.92. The number of carbonyl (C=O) groups is 4. The average Bonchev–Trinajstić information content (AvgIpc) is 2.25. The van der Waals surface area contributed by atoms with Gasteiger partial charge in [0.15, 0.2) is 0 Å². The molecule has 0 rings (SSSR count). The highest BCUT2D eigenvalue weighted by Gasteiger charge is 2.28. The Hall–Kier alpha value is -2.12. The number of nitrogens with one attached hydrogen (secondary N) is 2. The first-order chi connectivity index (χ1) is 8.95. The standard InChI is InChI=1S/C12H21N3O5/c1-6(14-11(20)12(2,3)4)9(17)15-7(10(18)19)5-8(13)16/h6-7H,5H2,1-4H3,(H2,13,16)(H,14,20)(H,15,17)(H,18,19). The smallest absolute Gasteiger partial charge is 0.326 e. The summed E-state index contributed by atoms with van der Waals surface area (Å²) in [5.41, 5.74) is 4.22. The van der Waals surface area contributed by atoms with Crippen LogP contribution in [0.5, 0.6) is 0 Å². The fourth-order valence-electron chi connectivity index (χ4n) is 1.18. The number of primary amides is 1.